The summed E-state index contributed by atoms with van der Waals surface area (Å²) in [5.74, 6) is -1.02. The SMILES string of the molecule is Cc1ccc2nc(CCS(=O)(=O)C(C)C(=O)O)[nH]c2c1. The Balaban J connectivity index is 2.15. The number of hydrogen-bond acceptors (Lipinski definition) is 4. The summed E-state index contributed by atoms with van der Waals surface area (Å²) < 4.78 is 23.6. The molecule has 2 rings (SSSR count). The van der Waals surface area contributed by atoms with Crippen molar-refractivity contribution in [1.82, 2.24) is 9.97 Å². The number of nitrogens with one attached hydrogen (secondary N) is 1. The van der Waals surface area contributed by atoms with Gasteiger partial charge in [0.2, 0.25) is 0 Å². The highest BCUT2D eigenvalue weighted by Crippen LogP contribution is 2.14. The van der Waals surface area contributed by atoms with Crippen LogP contribution in [-0.2, 0) is 21.1 Å². The maximum absolute atomic E-state index is 11.8. The van der Waals surface area contributed by atoms with Crippen molar-refractivity contribution in [3.05, 3.63) is 29.6 Å². The molecule has 0 bridgehead atoms. The van der Waals surface area contributed by atoms with Gasteiger partial charge >= 0.3 is 5.97 Å². The van der Waals surface area contributed by atoms with Crippen LogP contribution in [0.15, 0.2) is 18.2 Å². The molecule has 2 aromatic rings. The van der Waals surface area contributed by atoms with E-state index < -0.39 is 21.1 Å². The zero-order valence-electron chi connectivity index (χ0n) is 11.3. The van der Waals surface area contributed by atoms with Crippen LogP contribution in [0.2, 0.25) is 0 Å². The number of carbonyl (C=O) groups is 1. The highest BCUT2D eigenvalue weighted by molar-refractivity contribution is 7.92. The molecule has 7 heteroatoms. The Bertz CT molecular complexity index is 749. The summed E-state index contributed by atoms with van der Waals surface area (Å²) >= 11 is 0. The highest BCUT2D eigenvalue weighted by Gasteiger charge is 2.27. The average Bonchev–Trinajstić information content (AvgIpc) is 2.77. The maximum Gasteiger partial charge on any atom is 0.321 e. The second-order valence-electron chi connectivity index (χ2n) is 4.80. The number of sulfone groups is 1. The average molecular weight is 296 g/mol. The fraction of sp³-hybridized carbons (Fsp3) is 0.385. The smallest absolute Gasteiger partial charge is 0.321 e. The lowest BCUT2D eigenvalue weighted by atomic mass is 10.2. The molecule has 0 radical (unpaired) electrons. The van der Waals surface area contributed by atoms with E-state index in [1.165, 1.54) is 6.92 Å². The lowest BCUT2D eigenvalue weighted by molar-refractivity contribution is -0.136. The summed E-state index contributed by atoms with van der Waals surface area (Å²) in [5, 5.41) is 7.36. The molecule has 20 heavy (non-hydrogen) atoms. The van der Waals surface area contributed by atoms with E-state index in [-0.39, 0.29) is 12.2 Å². The molecule has 0 saturated carbocycles. The van der Waals surface area contributed by atoms with Gasteiger partial charge in [-0.2, -0.15) is 0 Å². The summed E-state index contributed by atoms with van der Waals surface area (Å²) in [7, 11) is -3.66. The summed E-state index contributed by atoms with van der Waals surface area (Å²) in [6.07, 6.45) is 0.174. The molecular formula is C13H16N2O4S. The van der Waals surface area contributed by atoms with Gasteiger partial charge in [0.05, 0.1) is 16.8 Å². The van der Waals surface area contributed by atoms with Crippen LogP contribution in [0.1, 0.15) is 18.3 Å². The monoisotopic (exact) mass is 296 g/mol. The van der Waals surface area contributed by atoms with Crippen molar-refractivity contribution in [2.75, 3.05) is 5.75 Å². The van der Waals surface area contributed by atoms with Crippen LogP contribution in [0.25, 0.3) is 11.0 Å². The molecule has 0 saturated heterocycles. The van der Waals surface area contributed by atoms with E-state index >= 15 is 0 Å². The van der Waals surface area contributed by atoms with Gasteiger partial charge in [-0.25, -0.2) is 13.4 Å². The zero-order chi connectivity index (χ0) is 14.9. The Kier molecular flexibility index (Phi) is 3.80. The molecule has 108 valence electrons. The van der Waals surface area contributed by atoms with E-state index in [1.54, 1.807) is 0 Å². The van der Waals surface area contributed by atoms with E-state index in [0.717, 1.165) is 16.6 Å². The maximum atomic E-state index is 11.8. The minimum absolute atomic E-state index is 0.174. The Labute approximate surface area is 116 Å². The van der Waals surface area contributed by atoms with Gasteiger partial charge in [-0.05, 0) is 31.5 Å². The first-order valence-corrected chi connectivity index (χ1v) is 7.91. The van der Waals surface area contributed by atoms with E-state index in [1.807, 2.05) is 25.1 Å². The molecule has 6 nitrogen and oxygen atoms in total. The van der Waals surface area contributed by atoms with Gasteiger partial charge in [-0.15, -0.1) is 0 Å². The zero-order valence-corrected chi connectivity index (χ0v) is 12.1. The number of nitrogens with zero attached hydrogens (tertiary/aromatic N) is 1. The van der Waals surface area contributed by atoms with Crippen LogP contribution in [-0.4, -0.2) is 40.5 Å². The third-order valence-corrected chi connectivity index (χ3v) is 5.25. The summed E-state index contributed by atoms with van der Waals surface area (Å²) in [6.45, 7) is 3.14. The fourth-order valence-corrected chi connectivity index (χ4v) is 3.00. The predicted octanol–water partition coefficient (Wildman–Crippen LogP) is 1.30. The second-order valence-corrected chi connectivity index (χ2v) is 7.24. The van der Waals surface area contributed by atoms with Crippen LogP contribution in [0.4, 0.5) is 0 Å². The first kappa shape index (κ1) is 14.5. The molecule has 1 heterocycles. The molecule has 2 N–H and O–H groups in total. The molecule has 0 aliphatic rings. The summed E-state index contributed by atoms with van der Waals surface area (Å²) in [5.41, 5.74) is 2.71. The minimum atomic E-state index is -3.66. The number of aryl methyl sites for hydroxylation is 2. The number of carboxylic acid groups (broad SMARTS) is 1. The second kappa shape index (κ2) is 5.24. The molecule has 1 atom stereocenters. The molecule has 0 spiro atoms. The van der Waals surface area contributed by atoms with E-state index in [9.17, 15) is 13.2 Å². The van der Waals surface area contributed by atoms with Gasteiger partial charge in [0.15, 0.2) is 15.1 Å². The quantitative estimate of drug-likeness (QED) is 0.866. The van der Waals surface area contributed by atoms with Crippen LogP contribution in [0.5, 0.6) is 0 Å². The topological polar surface area (TPSA) is 100 Å². The van der Waals surface area contributed by atoms with Crippen molar-refractivity contribution in [2.45, 2.75) is 25.5 Å². The fourth-order valence-electron chi connectivity index (χ4n) is 1.86. The third-order valence-electron chi connectivity index (χ3n) is 3.20. The van der Waals surface area contributed by atoms with Crippen LogP contribution >= 0.6 is 0 Å². The summed E-state index contributed by atoms with van der Waals surface area (Å²) in [4.78, 5) is 18.1. The Morgan fingerprint density at radius 3 is 2.80 bits per heavy atom. The lowest BCUT2D eigenvalue weighted by Gasteiger charge is -2.06. The number of aromatic amines is 1. The van der Waals surface area contributed by atoms with Gasteiger partial charge < -0.3 is 10.1 Å². The Morgan fingerprint density at radius 1 is 1.45 bits per heavy atom. The standard InChI is InChI=1S/C13H16N2O4S/c1-8-3-4-10-11(7-8)15-12(14-10)5-6-20(18,19)9(2)13(16)17/h3-4,7,9H,5-6H2,1-2H3,(H,14,15)(H,16,17). The van der Waals surface area contributed by atoms with Gasteiger partial charge in [0, 0.05) is 6.42 Å². The van der Waals surface area contributed by atoms with Crippen molar-refractivity contribution < 1.29 is 18.3 Å². The van der Waals surface area contributed by atoms with Crippen LogP contribution in [0.3, 0.4) is 0 Å². The number of hydrogen-bond donors (Lipinski definition) is 2. The first-order chi connectivity index (χ1) is 9.29. The molecule has 1 unspecified atom stereocenters. The predicted molar refractivity (Wildman–Crippen MR) is 75.4 cm³/mol. The Morgan fingerprint density at radius 2 is 2.15 bits per heavy atom. The van der Waals surface area contributed by atoms with Crippen molar-refractivity contribution >= 4 is 26.8 Å². The molecular weight excluding hydrogens is 280 g/mol. The van der Waals surface area contributed by atoms with Gasteiger partial charge in [0.25, 0.3) is 0 Å². The van der Waals surface area contributed by atoms with Gasteiger partial charge in [-0.3, -0.25) is 4.79 Å². The molecule has 0 fully saturated rings. The molecule has 1 aromatic heterocycles. The number of aliphatic carboxylic acids is 1. The number of H-pyrrole nitrogens is 1. The van der Waals surface area contributed by atoms with Crippen LogP contribution < -0.4 is 0 Å². The van der Waals surface area contributed by atoms with Crippen molar-refractivity contribution in [3.63, 3.8) is 0 Å². The molecule has 0 aliphatic heterocycles. The first-order valence-electron chi connectivity index (χ1n) is 6.19. The molecule has 1 aromatic carbocycles. The van der Waals surface area contributed by atoms with E-state index in [4.69, 9.17) is 5.11 Å². The van der Waals surface area contributed by atoms with Crippen molar-refractivity contribution in [3.8, 4) is 0 Å². The van der Waals surface area contributed by atoms with Crippen LogP contribution in [0, 0.1) is 6.92 Å². The highest BCUT2D eigenvalue weighted by atomic mass is 32.2. The molecule has 0 amide bonds. The van der Waals surface area contributed by atoms with Crippen molar-refractivity contribution in [1.29, 1.82) is 0 Å². The molecule has 0 aliphatic carbocycles. The normalized spacial score (nSPS) is 13.5. The number of imidazole rings is 1. The largest absolute Gasteiger partial charge is 0.480 e. The lowest BCUT2D eigenvalue weighted by Crippen LogP contribution is -2.29. The third kappa shape index (κ3) is 2.98. The van der Waals surface area contributed by atoms with Gasteiger partial charge in [0.1, 0.15) is 5.82 Å². The minimum Gasteiger partial charge on any atom is -0.480 e. The van der Waals surface area contributed by atoms with Crippen molar-refractivity contribution in [2.24, 2.45) is 0 Å². The van der Waals surface area contributed by atoms with Gasteiger partial charge in [-0.1, -0.05) is 6.07 Å². The number of aromatic nitrogens is 2. The number of rotatable bonds is 5. The number of carboxylic acids is 1. The van der Waals surface area contributed by atoms with E-state index in [2.05, 4.69) is 9.97 Å². The summed E-state index contributed by atoms with van der Waals surface area (Å²) in [6, 6.07) is 5.72. The number of fused-ring (bicyclic) bond motifs is 1. The number of benzene rings is 1. The Hall–Kier alpha value is -1.89. The van der Waals surface area contributed by atoms with E-state index in [0.29, 0.717) is 5.82 Å².